The first-order valence-electron chi connectivity index (χ1n) is 6.60. The molecule has 0 aliphatic carbocycles. The van der Waals surface area contributed by atoms with Crippen LogP contribution in [0, 0.1) is 0 Å². The van der Waals surface area contributed by atoms with E-state index in [9.17, 15) is 0 Å². The van der Waals surface area contributed by atoms with Gasteiger partial charge in [0.25, 0.3) is 0 Å². The Morgan fingerprint density at radius 2 is 1.56 bits per heavy atom. The number of nitrogens with zero attached hydrogens (tertiary/aromatic N) is 2. The largest absolute Gasteiger partial charge is 0.354 e. The van der Waals surface area contributed by atoms with Crippen LogP contribution in [0.15, 0.2) is 4.99 Å². The van der Waals surface area contributed by atoms with Gasteiger partial charge in [-0.25, -0.2) is 0 Å². The molecule has 16 heavy (non-hydrogen) atoms. The molecule has 0 aliphatic rings. The highest BCUT2D eigenvalue weighted by molar-refractivity contribution is 5.80. The molecule has 3 heteroatoms. The minimum atomic E-state index is 0.345. The average molecular weight is 227 g/mol. The smallest absolute Gasteiger partial charge is 0.194 e. The summed E-state index contributed by atoms with van der Waals surface area (Å²) >= 11 is 0. The summed E-state index contributed by atoms with van der Waals surface area (Å²) in [4.78, 5) is 7.05. The van der Waals surface area contributed by atoms with Crippen molar-refractivity contribution in [1.29, 1.82) is 0 Å². The first-order chi connectivity index (χ1) is 7.51. The molecular formula is C13H29N3. The van der Waals surface area contributed by atoms with Crippen molar-refractivity contribution >= 4 is 5.96 Å². The minimum absolute atomic E-state index is 0.345. The Hall–Kier alpha value is -0.730. The van der Waals surface area contributed by atoms with Gasteiger partial charge >= 0.3 is 0 Å². The Labute approximate surface area is 101 Å². The second kappa shape index (κ2) is 8.43. The SMILES string of the molecule is CCCN(CCC)C(=NC(C)C)NC(C)C. The van der Waals surface area contributed by atoms with Gasteiger partial charge in [-0.2, -0.15) is 0 Å². The lowest BCUT2D eigenvalue weighted by Gasteiger charge is -2.28. The van der Waals surface area contributed by atoms with E-state index in [4.69, 9.17) is 0 Å². The van der Waals surface area contributed by atoms with Crippen LogP contribution in [0.25, 0.3) is 0 Å². The molecule has 96 valence electrons. The van der Waals surface area contributed by atoms with Crippen molar-refractivity contribution in [3.63, 3.8) is 0 Å². The van der Waals surface area contributed by atoms with E-state index in [0.29, 0.717) is 12.1 Å². The molecule has 0 aromatic carbocycles. The third-order valence-electron chi connectivity index (χ3n) is 2.08. The van der Waals surface area contributed by atoms with Gasteiger partial charge in [0.15, 0.2) is 5.96 Å². The van der Waals surface area contributed by atoms with Crippen molar-refractivity contribution in [1.82, 2.24) is 10.2 Å². The Morgan fingerprint density at radius 1 is 1.06 bits per heavy atom. The van der Waals surface area contributed by atoms with Crippen LogP contribution >= 0.6 is 0 Å². The lowest BCUT2D eigenvalue weighted by atomic mass is 10.3. The maximum absolute atomic E-state index is 4.69. The van der Waals surface area contributed by atoms with E-state index in [2.05, 4.69) is 56.8 Å². The third kappa shape index (κ3) is 6.70. The molecule has 0 unspecified atom stereocenters. The number of hydrogen-bond donors (Lipinski definition) is 1. The monoisotopic (exact) mass is 227 g/mol. The van der Waals surface area contributed by atoms with Gasteiger partial charge in [-0.05, 0) is 40.5 Å². The molecule has 3 nitrogen and oxygen atoms in total. The van der Waals surface area contributed by atoms with Crippen molar-refractivity contribution in [2.75, 3.05) is 13.1 Å². The molecule has 0 saturated heterocycles. The quantitative estimate of drug-likeness (QED) is 0.558. The Balaban J connectivity index is 4.66. The summed E-state index contributed by atoms with van der Waals surface area (Å²) in [6, 6.07) is 0.783. The molecule has 0 radical (unpaired) electrons. The van der Waals surface area contributed by atoms with Crippen LogP contribution in [0.3, 0.4) is 0 Å². The predicted octanol–water partition coefficient (Wildman–Crippen LogP) is 2.87. The van der Waals surface area contributed by atoms with Crippen molar-refractivity contribution in [3.05, 3.63) is 0 Å². The van der Waals surface area contributed by atoms with Crippen LogP contribution in [0.5, 0.6) is 0 Å². The summed E-state index contributed by atoms with van der Waals surface area (Å²) in [5.74, 6) is 1.06. The molecule has 0 saturated carbocycles. The average Bonchev–Trinajstić information content (AvgIpc) is 2.15. The lowest BCUT2D eigenvalue weighted by Crippen LogP contribution is -2.45. The van der Waals surface area contributed by atoms with Crippen LogP contribution in [0.1, 0.15) is 54.4 Å². The van der Waals surface area contributed by atoms with Crippen molar-refractivity contribution < 1.29 is 0 Å². The van der Waals surface area contributed by atoms with Crippen molar-refractivity contribution in [3.8, 4) is 0 Å². The Morgan fingerprint density at radius 3 is 1.88 bits per heavy atom. The van der Waals surface area contributed by atoms with Gasteiger partial charge in [-0.3, -0.25) is 4.99 Å². The van der Waals surface area contributed by atoms with Gasteiger partial charge in [0, 0.05) is 25.2 Å². The van der Waals surface area contributed by atoms with Crippen molar-refractivity contribution in [2.45, 2.75) is 66.5 Å². The van der Waals surface area contributed by atoms with Crippen LogP contribution in [0.4, 0.5) is 0 Å². The highest BCUT2D eigenvalue weighted by Crippen LogP contribution is 1.99. The fourth-order valence-electron chi connectivity index (χ4n) is 1.58. The Bertz CT molecular complexity index is 191. The summed E-state index contributed by atoms with van der Waals surface area (Å²) in [7, 11) is 0. The molecule has 1 N–H and O–H groups in total. The van der Waals surface area contributed by atoms with E-state index < -0.39 is 0 Å². The van der Waals surface area contributed by atoms with Gasteiger partial charge in [0.1, 0.15) is 0 Å². The summed E-state index contributed by atoms with van der Waals surface area (Å²) in [6.07, 6.45) is 2.33. The van der Waals surface area contributed by atoms with E-state index in [1.54, 1.807) is 0 Å². The number of aliphatic imine (C=N–C) groups is 1. The van der Waals surface area contributed by atoms with Crippen molar-refractivity contribution in [2.24, 2.45) is 4.99 Å². The molecule has 0 amide bonds. The minimum Gasteiger partial charge on any atom is -0.354 e. The number of nitrogens with one attached hydrogen (secondary N) is 1. The van der Waals surface area contributed by atoms with E-state index in [1.807, 2.05) is 0 Å². The highest BCUT2D eigenvalue weighted by Gasteiger charge is 2.11. The number of rotatable bonds is 6. The maximum atomic E-state index is 4.69. The van der Waals surface area contributed by atoms with Crippen LogP contribution in [-0.4, -0.2) is 36.0 Å². The molecule has 0 bridgehead atoms. The second-order valence-electron chi connectivity index (χ2n) is 4.83. The molecular weight excluding hydrogens is 198 g/mol. The topological polar surface area (TPSA) is 27.6 Å². The summed E-state index contributed by atoms with van der Waals surface area (Å²) in [5.41, 5.74) is 0. The van der Waals surface area contributed by atoms with E-state index in [-0.39, 0.29) is 0 Å². The van der Waals surface area contributed by atoms with E-state index >= 15 is 0 Å². The molecule has 0 aliphatic heterocycles. The summed E-state index contributed by atoms with van der Waals surface area (Å²) in [5, 5.41) is 3.46. The fourth-order valence-corrected chi connectivity index (χ4v) is 1.58. The third-order valence-corrected chi connectivity index (χ3v) is 2.08. The second-order valence-corrected chi connectivity index (χ2v) is 4.83. The fraction of sp³-hybridized carbons (Fsp3) is 0.923. The molecule has 0 fully saturated rings. The van der Waals surface area contributed by atoms with Crippen LogP contribution in [0.2, 0.25) is 0 Å². The molecule has 0 rings (SSSR count). The van der Waals surface area contributed by atoms with Crippen LogP contribution in [-0.2, 0) is 0 Å². The number of guanidine groups is 1. The van der Waals surface area contributed by atoms with Gasteiger partial charge in [-0.15, -0.1) is 0 Å². The van der Waals surface area contributed by atoms with Gasteiger partial charge < -0.3 is 10.2 Å². The zero-order valence-corrected chi connectivity index (χ0v) is 11.9. The molecule has 0 spiro atoms. The zero-order chi connectivity index (χ0) is 12.6. The standard InChI is InChI=1S/C13H29N3/c1-7-9-16(10-8-2)13(14-11(3)4)15-12(5)6/h11-12H,7-10H2,1-6H3,(H,14,15). The molecule has 0 heterocycles. The molecule has 0 aromatic heterocycles. The Kier molecular flexibility index (Phi) is 8.04. The zero-order valence-electron chi connectivity index (χ0n) is 11.9. The summed E-state index contributed by atoms with van der Waals surface area (Å²) < 4.78 is 0. The van der Waals surface area contributed by atoms with E-state index in [0.717, 1.165) is 31.9 Å². The normalized spacial score (nSPS) is 12.4. The van der Waals surface area contributed by atoms with Gasteiger partial charge in [0.2, 0.25) is 0 Å². The summed E-state index contributed by atoms with van der Waals surface area (Å²) in [6.45, 7) is 15.2. The lowest BCUT2D eigenvalue weighted by molar-refractivity contribution is 0.393. The number of hydrogen-bond acceptors (Lipinski definition) is 1. The first-order valence-corrected chi connectivity index (χ1v) is 6.60. The molecule has 0 atom stereocenters. The van der Waals surface area contributed by atoms with E-state index in [1.165, 1.54) is 0 Å². The first kappa shape index (κ1) is 15.3. The maximum Gasteiger partial charge on any atom is 0.194 e. The van der Waals surface area contributed by atoms with Gasteiger partial charge in [0.05, 0.1) is 0 Å². The van der Waals surface area contributed by atoms with Gasteiger partial charge in [-0.1, -0.05) is 13.8 Å². The highest BCUT2D eigenvalue weighted by atomic mass is 15.3. The van der Waals surface area contributed by atoms with Crippen LogP contribution < -0.4 is 5.32 Å². The molecule has 0 aromatic rings. The predicted molar refractivity (Wildman–Crippen MR) is 73.0 cm³/mol.